The second kappa shape index (κ2) is 5.60. The Labute approximate surface area is 95.4 Å². The van der Waals surface area contributed by atoms with E-state index in [1.165, 1.54) is 9.58 Å². The number of nitrogens with two attached hydrogens (primary N) is 1. The van der Waals surface area contributed by atoms with Crippen LogP contribution in [0.25, 0.3) is 0 Å². The van der Waals surface area contributed by atoms with Crippen LogP contribution in [0.15, 0.2) is 6.20 Å². The number of carbonyl (C=O) groups is 1. The molecule has 0 bridgehead atoms. The molecule has 0 aromatic carbocycles. The highest BCUT2D eigenvalue weighted by atomic mass is 16.2. The van der Waals surface area contributed by atoms with E-state index in [0.717, 1.165) is 18.5 Å². The van der Waals surface area contributed by atoms with Gasteiger partial charge in [-0.05, 0) is 6.42 Å². The molecule has 2 N–H and O–H groups in total. The van der Waals surface area contributed by atoms with Gasteiger partial charge < -0.3 is 10.6 Å². The molecule has 0 aliphatic heterocycles. The predicted octanol–water partition coefficient (Wildman–Crippen LogP) is 0.166. The van der Waals surface area contributed by atoms with Gasteiger partial charge in [-0.1, -0.05) is 18.6 Å². The Bertz CT molecular complexity index is 347. The van der Waals surface area contributed by atoms with Crippen molar-refractivity contribution in [2.75, 3.05) is 14.1 Å². The number of rotatable bonds is 5. The van der Waals surface area contributed by atoms with Crippen LogP contribution in [0.2, 0.25) is 0 Å². The molecule has 0 spiro atoms. The van der Waals surface area contributed by atoms with Crippen molar-refractivity contribution in [2.45, 2.75) is 32.4 Å². The molecule has 0 fully saturated rings. The van der Waals surface area contributed by atoms with Gasteiger partial charge in [-0.2, -0.15) is 0 Å². The summed E-state index contributed by atoms with van der Waals surface area (Å²) in [7, 11) is 3.42. The predicted molar refractivity (Wildman–Crippen MR) is 60.6 cm³/mol. The topological polar surface area (TPSA) is 77.0 Å². The Morgan fingerprint density at radius 3 is 2.88 bits per heavy atom. The molecule has 90 valence electrons. The lowest BCUT2D eigenvalue weighted by Gasteiger charge is -2.09. The third-order valence-electron chi connectivity index (χ3n) is 2.33. The Morgan fingerprint density at radius 2 is 2.31 bits per heavy atom. The SMILES string of the molecule is CCCC(N)c1cn(CC(=O)N(C)C)nn1. The second-order valence-electron chi connectivity index (χ2n) is 4.02. The van der Waals surface area contributed by atoms with Crippen LogP contribution in [0.4, 0.5) is 0 Å². The summed E-state index contributed by atoms with van der Waals surface area (Å²) in [5, 5.41) is 7.85. The summed E-state index contributed by atoms with van der Waals surface area (Å²) in [6.45, 7) is 2.28. The number of carbonyl (C=O) groups excluding carboxylic acids is 1. The zero-order valence-electron chi connectivity index (χ0n) is 10.1. The fourth-order valence-electron chi connectivity index (χ4n) is 1.30. The quantitative estimate of drug-likeness (QED) is 0.774. The average molecular weight is 225 g/mol. The summed E-state index contributed by atoms with van der Waals surface area (Å²) in [5.74, 6) is -0.0134. The largest absolute Gasteiger partial charge is 0.347 e. The highest BCUT2D eigenvalue weighted by Gasteiger charge is 2.11. The van der Waals surface area contributed by atoms with Crippen LogP contribution in [-0.4, -0.2) is 39.9 Å². The number of likely N-dealkylation sites (N-methyl/N-ethyl adjacent to an activating group) is 1. The van der Waals surface area contributed by atoms with Gasteiger partial charge in [0.05, 0.1) is 17.9 Å². The molecule has 6 heteroatoms. The third-order valence-corrected chi connectivity index (χ3v) is 2.33. The van der Waals surface area contributed by atoms with Gasteiger partial charge in [-0.3, -0.25) is 4.79 Å². The van der Waals surface area contributed by atoms with Crippen LogP contribution < -0.4 is 5.73 Å². The summed E-state index contributed by atoms with van der Waals surface area (Å²) >= 11 is 0. The van der Waals surface area contributed by atoms with Gasteiger partial charge in [0.1, 0.15) is 6.54 Å². The van der Waals surface area contributed by atoms with Gasteiger partial charge in [0.2, 0.25) is 5.91 Å². The number of hydrogen-bond donors (Lipinski definition) is 1. The summed E-state index contributed by atoms with van der Waals surface area (Å²) in [5.41, 5.74) is 6.64. The molecule has 0 radical (unpaired) electrons. The average Bonchev–Trinajstić information content (AvgIpc) is 2.66. The first kappa shape index (κ1) is 12.6. The van der Waals surface area contributed by atoms with Crippen molar-refractivity contribution in [3.63, 3.8) is 0 Å². The standard InChI is InChI=1S/C10H19N5O/c1-4-5-8(11)9-6-15(13-12-9)7-10(16)14(2)3/h6,8H,4-5,7,11H2,1-3H3. The Balaban J connectivity index is 2.61. The molecule has 0 aliphatic rings. The van der Waals surface area contributed by atoms with Crippen LogP contribution in [0.1, 0.15) is 31.5 Å². The fourth-order valence-corrected chi connectivity index (χ4v) is 1.30. The van der Waals surface area contributed by atoms with E-state index in [-0.39, 0.29) is 18.5 Å². The summed E-state index contributed by atoms with van der Waals surface area (Å²) in [6, 6.07) is -0.0896. The van der Waals surface area contributed by atoms with Gasteiger partial charge in [0, 0.05) is 14.1 Å². The zero-order chi connectivity index (χ0) is 12.1. The second-order valence-corrected chi connectivity index (χ2v) is 4.02. The minimum atomic E-state index is -0.0896. The van der Waals surface area contributed by atoms with Crippen LogP contribution in [0.5, 0.6) is 0 Å². The molecule has 1 amide bonds. The number of nitrogens with zero attached hydrogens (tertiary/aromatic N) is 4. The maximum atomic E-state index is 11.4. The van der Waals surface area contributed by atoms with Crippen molar-refractivity contribution in [1.82, 2.24) is 19.9 Å². The normalized spacial score (nSPS) is 12.5. The van der Waals surface area contributed by atoms with E-state index in [4.69, 9.17) is 5.73 Å². The van der Waals surface area contributed by atoms with Crippen LogP contribution in [-0.2, 0) is 11.3 Å². The minimum Gasteiger partial charge on any atom is -0.347 e. The molecule has 16 heavy (non-hydrogen) atoms. The van der Waals surface area contributed by atoms with E-state index in [1.54, 1.807) is 20.3 Å². The summed E-state index contributed by atoms with van der Waals surface area (Å²) in [4.78, 5) is 12.9. The molecule has 1 heterocycles. The van der Waals surface area contributed by atoms with Crippen molar-refractivity contribution in [3.8, 4) is 0 Å². The number of hydrogen-bond acceptors (Lipinski definition) is 4. The maximum Gasteiger partial charge on any atom is 0.243 e. The fraction of sp³-hybridized carbons (Fsp3) is 0.700. The van der Waals surface area contributed by atoms with Crippen molar-refractivity contribution in [3.05, 3.63) is 11.9 Å². The molecular weight excluding hydrogens is 206 g/mol. The van der Waals surface area contributed by atoms with E-state index in [0.29, 0.717) is 0 Å². The molecule has 6 nitrogen and oxygen atoms in total. The van der Waals surface area contributed by atoms with E-state index < -0.39 is 0 Å². The van der Waals surface area contributed by atoms with Crippen molar-refractivity contribution in [2.24, 2.45) is 5.73 Å². The molecule has 0 aliphatic carbocycles. The lowest BCUT2D eigenvalue weighted by molar-refractivity contribution is -0.129. The van der Waals surface area contributed by atoms with Crippen LogP contribution in [0, 0.1) is 0 Å². The van der Waals surface area contributed by atoms with Crippen LogP contribution in [0.3, 0.4) is 0 Å². The van der Waals surface area contributed by atoms with Gasteiger partial charge in [-0.15, -0.1) is 5.10 Å². The smallest absolute Gasteiger partial charge is 0.243 e. The lowest BCUT2D eigenvalue weighted by Crippen LogP contribution is -2.26. The van der Waals surface area contributed by atoms with Gasteiger partial charge >= 0.3 is 0 Å². The zero-order valence-corrected chi connectivity index (χ0v) is 10.1. The minimum absolute atomic E-state index is 0.0134. The molecule has 1 rings (SSSR count). The van der Waals surface area contributed by atoms with Gasteiger partial charge in [0.25, 0.3) is 0 Å². The molecule has 1 atom stereocenters. The molecule has 1 aromatic heterocycles. The first-order valence-corrected chi connectivity index (χ1v) is 5.40. The summed E-state index contributed by atoms with van der Waals surface area (Å²) in [6.07, 6.45) is 3.62. The highest BCUT2D eigenvalue weighted by molar-refractivity contribution is 5.75. The molecular formula is C10H19N5O. The van der Waals surface area contributed by atoms with E-state index in [2.05, 4.69) is 17.2 Å². The van der Waals surface area contributed by atoms with Gasteiger partial charge in [0.15, 0.2) is 0 Å². The maximum absolute atomic E-state index is 11.4. The Kier molecular flexibility index (Phi) is 4.42. The van der Waals surface area contributed by atoms with E-state index >= 15 is 0 Å². The van der Waals surface area contributed by atoms with Crippen molar-refractivity contribution in [1.29, 1.82) is 0 Å². The monoisotopic (exact) mass is 225 g/mol. The Morgan fingerprint density at radius 1 is 1.62 bits per heavy atom. The van der Waals surface area contributed by atoms with Crippen molar-refractivity contribution < 1.29 is 4.79 Å². The van der Waals surface area contributed by atoms with Gasteiger partial charge in [-0.25, -0.2) is 4.68 Å². The first-order valence-electron chi connectivity index (χ1n) is 5.40. The first-order chi connectivity index (χ1) is 7.54. The molecule has 0 saturated heterocycles. The molecule has 1 aromatic rings. The Hall–Kier alpha value is -1.43. The van der Waals surface area contributed by atoms with E-state index in [1.807, 2.05) is 0 Å². The van der Waals surface area contributed by atoms with Crippen LogP contribution >= 0.6 is 0 Å². The molecule has 0 saturated carbocycles. The third kappa shape index (κ3) is 3.30. The summed E-state index contributed by atoms with van der Waals surface area (Å²) < 4.78 is 1.52. The van der Waals surface area contributed by atoms with Crippen molar-refractivity contribution >= 4 is 5.91 Å². The van der Waals surface area contributed by atoms with E-state index in [9.17, 15) is 4.79 Å². The molecule has 1 unspecified atom stereocenters. The number of amides is 1. The number of aromatic nitrogens is 3. The lowest BCUT2D eigenvalue weighted by atomic mass is 10.1. The highest BCUT2D eigenvalue weighted by Crippen LogP contribution is 2.11.